The lowest BCUT2D eigenvalue weighted by molar-refractivity contribution is -0.113. The first-order valence-electron chi connectivity index (χ1n) is 9.00. The highest BCUT2D eigenvalue weighted by Gasteiger charge is 2.12. The number of unbranched alkanes of at least 4 members (excludes halogenated alkanes) is 1. The van der Waals surface area contributed by atoms with Crippen LogP contribution in [0.15, 0.2) is 53.7 Å². The Kier molecular flexibility index (Phi) is 6.76. The first kappa shape index (κ1) is 19.6. The fourth-order valence-corrected chi connectivity index (χ4v) is 3.26. The van der Waals surface area contributed by atoms with Crippen LogP contribution in [0.4, 0.5) is 5.69 Å². The van der Waals surface area contributed by atoms with Gasteiger partial charge in [-0.25, -0.2) is 0 Å². The summed E-state index contributed by atoms with van der Waals surface area (Å²) in [6.45, 7) is 2.18. The third kappa shape index (κ3) is 5.18. The molecular formula is C20H20N6OS. The average Bonchev–Trinajstić information content (AvgIpc) is 3.20. The van der Waals surface area contributed by atoms with E-state index in [1.165, 1.54) is 30.2 Å². The van der Waals surface area contributed by atoms with Crippen LogP contribution in [0, 0.1) is 11.3 Å². The van der Waals surface area contributed by atoms with Crippen LogP contribution in [0.1, 0.15) is 30.9 Å². The zero-order valence-corrected chi connectivity index (χ0v) is 16.3. The van der Waals surface area contributed by atoms with Gasteiger partial charge in [0.2, 0.25) is 11.1 Å². The Bertz CT molecular complexity index is 960. The standard InChI is InChI=1S/C20H20N6OS/c1-2-3-4-15-7-11-18(12-8-15)26-20(23-24-25-26)28-14-19(27)22-17-9-5-16(13-21)6-10-17/h5-12H,2-4,14H2,1H3,(H,22,27). The van der Waals surface area contributed by atoms with E-state index in [4.69, 9.17) is 5.26 Å². The second-order valence-corrected chi connectivity index (χ2v) is 7.11. The van der Waals surface area contributed by atoms with Gasteiger partial charge in [-0.3, -0.25) is 4.79 Å². The number of carbonyl (C=O) groups is 1. The number of hydrogen-bond acceptors (Lipinski definition) is 6. The molecular weight excluding hydrogens is 372 g/mol. The van der Waals surface area contributed by atoms with Crippen molar-refractivity contribution < 1.29 is 4.79 Å². The lowest BCUT2D eigenvalue weighted by Gasteiger charge is -2.07. The number of amides is 1. The molecule has 28 heavy (non-hydrogen) atoms. The maximum atomic E-state index is 12.2. The summed E-state index contributed by atoms with van der Waals surface area (Å²) in [6.07, 6.45) is 3.39. The van der Waals surface area contributed by atoms with Crippen molar-refractivity contribution in [2.24, 2.45) is 0 Å². The summed E-state index contributed by atoms with van der Waals surface area (Å²) in [5.74, 6) is 0.00812. The molecule has 0 atom stereocenters. The molecule has 1 N–H and O–H groups in total. The summed E-state index contributed by atoms with van der Waals surface area (Å²) in [5.41, 5.74) is 3.34. The van der Waals surface area contributed by atoms with E-state index in [1.54, 1.807) is 28.9 Å². The van der Waals surface area contributed by atoms with Crippen LogP contribution >= 0.6 is 11.8 Å². The van der Waals surface area contributed by atoms with Crippen molar-refractivity contribution in [3.63, 3.8) is 0 Å². The van der Waals surface area contributed by atoms with Gasteiger partial charge >= 0.3 is 0 Å². The minimum absolute atomic E-state index is 0.167. The second-order valence-electron chi connectivity index (χ2n) is 6.17. The van der Waals surface area contributed by atoms with Crippen LogP contribution in [0.2, 0.25) is 0 Å². The van der Waals surface area contributed by atoms with Crippen molar-refractivity contribution in [3.8, 4) is 11.8 Å². The number of benzene rings is 2. The molecule has 0 radical (unpaired) electrons. The summed E-state index contributed by atoms with van der Waals surface area (Å²) in [6, 6.07) is 16.9. The third-order valence-electron chi connectivity index (χ3n) is 4.07. The maximum Gasteiger partial charge on any atom is 0.234 e. The topological polar surface area (TPSA) is 96.5 Å². The van der Waals surface area contributed by atoms with Gasteiger partial charge in [0.1, 0.15) is 0 Å². The van der Waals surface area contributed by atoms with E-state index in [-0.39, 0.29) is 11.7 Å². The molecule has 0 spiro atoms. The fourth-order valence-electron chi connectivity index (χ4n) is 2.57. The SMILES string of the molecule is CCCCc1ccc(-n2nnnc2SCC(=O)Nc2ccc(C#N)cc2)cc1. The molecule has 0 aliphatic rings. The number of nitriles is 1. The number of hydrogen-bond donors (Lipinski definition) is 1. The molecule has 0 bridgehead atoms. The Balaban J connectivity index is 1.59. The number of rotatable bonds is 8. The van der Waals surface area contributed by atoms with Crippen molar-refractivity contribution in [3.05, 3.63) is 59.7 Å². The molecule has 1 heterocycles. The molecule has 0 saturated heterocycles. The average molecular weight is 392 g/mol. The van der Waals surface area contributed by atoms with Crippen molar-refractivity contribution >= 4 is 23.4 Å². The zero-order valence-electron chi connectivity index (χ0n) is 15.5. The molecule has 3 aromatic rings. The number of aryl methyl sites for hydroxylation is 1. The van der Waals surface area contributed by atoms with Crippen LogP contribution in [0.5, 0.6) is 0 Å². The van der Waals surface area contributed by atoms with E-state index in [1.807, 2.05) is 18.2 Å². The highest BCUT2D eigenvalue weighted by atomic mass is 32.2. The van der Waals surface area contributed by atoms with Crippen LogP contribution in [0.25, 0.3) is 5.69 Å². The summed E-state index contributed by atoms with van der Waals surface area (Å²) >= 11 is 1.26. The molecule has 142 valence electrons. The number of aromatic nitrogens is 4. The Labute approximate surface area is 167 Å². The minimum atomic E-state index is -0.167. The Morgan fingerprint density at radius 2 is 1.93 bits per heavy atom. The van der Waals surface area contributed by atoms with Gasteiger partial charge in [0.25, 0.3) is 0 Å². The van der Waals surface area contributed by atoms with Crippen LogP contribution in [-0.2, 0) is 11.2 Å². The highest BCUT2D eigenvalue weighted by molar-refractivity contribution is 7.99. The predicted octanol–water partition coefficient (Wildman–Crippen LogP) is 3.61. The first-order chi connectivity index (χ1) is 13.7. The van der Waals surface area contributed by atoms with Crippen LogP contribution in [-0.4, -0.2) is 31.9 Å². The minimum Gasteiger partial charge on any atom is -0.325 e. The van der Waals surface area contributed by atoms with E-state index in [9.17, 15) is 4.79 Å². The van der Waals surface area contributed by atoms with E-state index >= 15 is 0 Å². The van der Waals surface area contributed by atoms with Gasteiger partial charge < -0.3 is 5.32 Å². The number of anilines is 1. The smallest absolute Gasteiger partial charge is 0.234 e. The van der Waals surface area contributed by atoms with Crippen molar-refractivity contribution in [1.29, 1.82) is 5.26 Å². The lowest BCUT2D eigenvalue weighted by atomic mass is 10.1. The predicted molar refractivity (Wildman–Crippen MR) is 108 cm³/mol. The summed E-state index contributed by atoms with van der Waals surface area (Å²) in [4.78, 5) is 12.2. The van der Waals surface area contributed by atoms with Gasteiger partial charge in [-0.1, -0.05) is 37.2 Å². The molecule has 2 aromatic carbocycles. The Morgan fingerprint density at radius 3 is 2.61 bits per heavy atom. The Hall–Kier alpha value is -3.18. The zero-order chi connectivity index (χ0) is 19.8. The van der Waals surface area contributed by atoms with E-state index in [0.29, 0.717) is 16.4 Å². The molecule has 1 aromatic heterocycles. The third-order valence-corrected chi connectivity index (χ3v) is 4.99. The molecule has 1 amide bonds. The second kappa shape index (κ2) is 9.67. The largest absolute Gasteiger partial charge is 0.325 e. The first-order valence-corrected chi connectivity index (χ1v) is 9.98. The molecule has 7 nitrogen and oxygen atoms in total. The molecule has 8 heteroatoms. The quantitative estimate of drug-likeness (QED) is 0.588. The molecule has 0 aliphatic heterocycles. The van der Waals surface area contributed by atoms with Gasteiger partial charge in [0.15, 0.2) is 0 Å². The van der Waals surface area contributed by atoms with Gasteiger partial charge in [0, 0.05) is 5.69 Å². The summed E-state index contributed by atoms with van der Waals surface area (Å²) < 4.78 is 1.63. The van der Waals surface area contributed by atoms with Crippen LogP contribution < -0.4 is 5.32 Å². The number of thioether (sulfide) groups is 1. The molecule has 0 fully saturated rings. The van der Waals surface area contributed by atoms with Gasteiger partial charge in [0.05, 0.1) is 23.1 Å². The van der Waals surface area contributed by atoms with E-state index in [2.05, 4.69) is 39.9 Å². The summed E-state index contributed by atoms with van der Waals surface area (Å²) in [5, 5.41) is 23.9. The normalized spacial score (nSPS) is 10.4. The van der Waals surface area contributed by atoms with Crippen molar-refractivity contribution in [2.45, 2.75) is 31.3 Å². The number of carbonyl (C=O) groups excluding carboxylic acids is 1. The highest BCUT2D eigenvalue weighted by Crippen LogP contribution is 2.19. The number of tetrazole rings is 1. The van der Waals surface area contributed by atoms with E-state index in [0.717, 1.165) is 12.1 Å². The van der Waals surface area contributed by atoms with Crippen LogP contribution in [0.3, 0.4) is 0 Å². The molecule has 0 unspecified atom stereocenters. The molecule has 3 rings (SSSR count). The monoisotopic (exact) mass is 392 g/mol. The number of nitrogens with one attached hydrogen (secondary N) is 1. The number of nitrogens with zero attached hydrogens (tertiary/aromatic N) is 5. The lowest BCUT2D eigenvalue weighted by Crippen LogP contribution is -2.14. The van der Waals surface area contributed by atoms with E-state index < -0.39 is 0 Å². The molecule has 0 aliphatic carbocycles. The molecule has 0 saturated carbocycles. The van der Waals surface area contributed by atoms with Crippen molar-refractivity contribution in [2.75, 3.05) is 11.1 Å². The van der Waals surface area contributed by atoms with Gasteiger partial charge in [-0.05, 0) is 65.2 Å². The van der Waals surface area contributed by atoms with Crippen molar-refractivity contribution in [1.82, 2.24) is 20.2 Å². The Morgan fingerprint density at radius 1 is 1.18 bits per heavy atom. The summed E-state index contributed by atoms with van der Waals surface area (Å²) in [7, 11) is 0. The van der Waals surface area contributed by atoms with Gasteiger partial charge in [-0.15, -0.1) is 5.10 Å². The maximum absolute atomic E-state index is 12.2. The fraction of sp³-hybridized carbons (Fsp3) is 0.250. The van der Waals surface area contributed by atoms with Gasteiger partial charge in [-0.2, -0.15) is 9.94 Å².